The molecule has 0 unspecified atom stereocenters. The van der Waals surface area contributed by atoms with Gasteiger partial charge in [0.15, 0.2) is 0 Å². The van der Waals surface area contributed by atoms with Crippen molar-refractivity contribution in [2.75, 3.05) is 0 Å². The van der Waals surface area contributed by atoms with Crippen LogP contribution in [0.5, 0.6) is 5.75 Å². The molecule has 0 aliphatic rings. The summed E-state index contributed by atoms with van der Waals surface area (Å²) in [6.07, 6.45) is 0. The second-order valence-electron chi connectivity index (χ2n) is 3.80. The molecule has 100 valence electrons. The van der Waals surface area contributed by atoms with Gasteiger partial charge in [-0.15, -0.1) is 0 Å². The topological polar surface area (TPSA) is 75.2 Å². The molecule has 2 aromatic rings. The highest BCUT2D eigenvalue weighted by molar-refractivity contribution is 5.87. The molecule has 0 saturated heterocycles. The number of benzene rings is 1. The first-order valence-corrected chi connectivity index (χ1v) is 5.32. The molecule has 2 rings (SSSR count). The number of ether oxygens (including phenoxy) is 1. The number of hydrogen-bond donors (Lipinski definition) is 2. The fourth-order valence-corrected chi connectivity index (χ4v) is 1.67. The molecule has 0 aliphatic heterocycles. The lowest BCUT2D eigenvalue weighted by Crippen LogP contribution is -2.04. The Labute approximate surface area is 106 Å². The summed E-state index contributed by atoms with van der Waals surface area (Å²) in [5.41, 5.74) is 0.929. The smallest absolute Gasteiger partial charge is 0.387 e. The number of carboxylic acids is 1. The maximum Gasteiger partial charge on any atom is 0.387 e. The van der Waals surface area contributed by atoms with Crippen molar-refractivity contribution in [1.82, 2.24) is 10.2 Å². The highest BCUT2D eigenvalue weighted by Crippen LogP contribution is 2.33. The molecule has 1 aromatic carbocycles. The van der Waals surface area contributed by atoms with Gasteiger partial charge in [0.2, 0.25) is 0 Å². The normalized spacial score (nSPS) is 10.7. The Morgan fingerprint density at radius 3 is 2.79 bits per heavy atom. The van der Waals surface area contributed by atoms with Crippen LogP contribution >= 0.6 is 0 Å². The van der Waals surface area contributed by atoms with Gasteiger partial charge in [0, 0.05) is 5.56 Å². The van der Waals surface area contributed by atoms with Gasteiger partial charge >= 0.3 is 12.6 Å². The summed E-state index contributed by atoms with van der Waals surface area (Å²) < 4.78 is 29.2. The van der Waals surface area contributed by atoms with Gasteiger partial charge in [0.25, 0.3) is 0 Å². The van der Waals surface area contributed by atoms with E-state index in [0.717, 1.165) is 0 Å². The number of halogens is 2. The number of nitrogens with zero attached hydrogens (tertiary/aromatic N) is 1. The van der Waals surface area contributed by atoms with E-state index >= 15 is 0 Å². The molecule has 2 N–H and O–H groups in total. The highest BCUT2D eigenvalue weighted by atomic mass is 19.3. The lowest BCUT2D eigenvalue weighted by atomic mass is 10.1. The van der Waals surface area contributed by atoms with Crippen molar-refractivity contribution < 1.29 is 23.4 Å². The van der Waals surface area contributed by atoms with Gasteiger partial charge in [-0.1, -0.05) is 12.1 Å². The van der Waals surface area contributed by atoms with Gasteiger partial charge in [0.05, 0.1) is 5.69 Å². The minimum Gasteiger partial charge on any atom is -0.477 e. The third-order valence-corrected chi connectivity index (χ3v) is 2.50. The van der Waals surface area contributed by atoms with Crippen molar-refractivity contribution in [2.24, 2.45) is 0 Å². The van der Waals surface area contributed by atoms with Crippen LogP contribution in [0.2, 0.25) is 0 Å². The Hall–Kier alpha value is -2.44. The minimum absolute atomic E-state index is 0.0130. The van der Waals surface area contributed by atoms with E-state index in [1.54, 1.807) is 19.1 Å². The predicted molar refractivity (Wildman–Crippen MR) is 62.4 cm³/mol. The molecule has 1 heterocycles. The molecule has 0 saturated carbocycles. The van der Waals surface area contributed by atoms with Gasteiger partial charge in [-0.05, 0) is 24.6 Å². The predicted octanol–water partition coefficient (Wildman–Crippen LogP) is 2.68. The van der Waals surface area contributed by atoms with Gasteiger partial charge in [-0.3, -0.25) is 5.10 Å². The number of hydrogen-bond acceptors (Lipinski definition) is 3. The van der Waals surface area contributed by atoms with Gasteiger partial charge in [-0.2, -0.15) is 13.9 Å². The van der Waals surface area contributed by atoms with Crippen LogP contribution in [0.1, 0.15) is 16.1 Å². The number of aryl methyl sites for hydroxylation is 1. The van der Waals surface area contributed by atoms with E-state index in [2.05, 4.69) is 14.9 Å². The molecule has 0 bridgehead atoms. The Kier molecular flexibility index (Phi) is 3.46. The van der Waals surface area contributed by atoms with Gasteiger partial charge in [-0.25, -0.2) is 4.79 Å². The van der Waals surface area contributed by atoms with Crippen molar-refractivity contribution in [3.05, 3.63) is 35.5 Å². The summed E-state index contributed by atoms with van der Waals surface area (Å²) in [5.74, 6) is -1.19. The molecule has 0 radical (unpaired) electrons. The Bertz CT molecular complexity index is 611. The van der Waals surface area contributed by atoms with E-state index < -0.39 is 12.6 Å². The number of nitrogens with one attached hydrogen (secondary N) is 1. The zero-order chi connectivity index (χ0) is 14.0. The third kappa shape index (κ3) is 2.70. The molecular formula is C12H10F2N2O3. The van der Waals surface area contributed by atoms with E-state index in [9.17, 15) is 13.6 Å². The minimum atomic E-state index is -2.96. The Morgan fingerprint density at radius 2 is 2.21 bits per heavy atom. The van der Waals surface area contributed by atoms with Crippen LogP contribution in [0.15, 0.2) is 24.3 Å². The standard InChI is InChI=1S/C12H10F2N2O3/c1-6-3-2-4-7(10(6)19-12(13)14)8-5-9(11(17)18)16-15-8/h2-5,12H,1H3,(H,15,16)(H,17,18). The van der Waals surface area contributed by atoms with Gasteiger partial charge in [0.1, 0.15) is 11.4 Å². The molecule has 0 spiro atoms. The summed E-state index contributed by atoms with van der Waals surface area (Å²) in [7, 11) is 0. The number of para-hydroxylation sites is 1. The average molecular weight is 268 g/mol. The number of H-pyrrole nitrogens is 1. The maximum absolute atomic E-state index is 12.4. The number of aromatic nitrogens is 2. The first-order valence-electron chi connectivity index (χ1n) is 5.32. The second-order valence-corrected chi connectivity index (χ2v) is 3.80. The second kappa shape index (κ2) is 5.05. The fraction of sp³-hybridized carbons (Fsp3) is 0.167. The molecule has 5 nitrogen and oxygen atoms in total. The summed E-state index contributed by atoms with van der Waals surface area (Å²) in [6, 6.07) is 6.06. The molecule has 0 fully saturated rings. The summed E-state index contributed by atoms with van der Waals surface area (Å²) >= 11 is 0. The largest absolute Gasteiger partial charge is 0.477 e. The Morgan fingerprint density at radius 1 is 1.47 bits per heavy atom. The SMILES string of the molecule is Cc1cccc(-c2cc(C(=O)O)[nH]n2)c1OC(F)F. The van der Waals surface area contributed by atoms with Crippen molar-refractivity contribution >= 4 is 5.97 Å². The van der Waals surface area contributed by atoms with Crippen molar-refractivity contribution in [2.45, 2.75) is 13.5 Å². The van der Waals surface area contributed by atoms with Crippen LogP contribution in [-0.2, 0) is 0 Å². The van der Waals surface area contributed by atoms with Crippen LogP contribution in [0.3, 0.4) is 0 Å². The van der Waals surface area contributed by atoms with Crippen LogP contribution in [0.25, 0.3) is 11.3 Å². The molecule has 0 atom stereocenters. The molecule has 7 heteroatoms. The van der Waals surface area contributed by atoms with E-state index in [-0.39, 0.29) is 17.1 Å². The molecule has 0 amide bonds. The summed E-state index contributed by atoms with van der Waals surface area (Å²) in [5, 5.41) is 14.9. The van der Waals surface area contributed by atoms with Crippen LogP contribution in [-0.4, -0.2) is 27.9 Å². The quantitative estimate of drug-likeness (QED) is 0.893. The van der Waals surface area contributed by atoms with E-state index in [4.69, 9.17) is 5.11 Å². The maximum atomic E-state index is 12.4. The van der Waals surface area contributed by atoms with Crippen molar-refractivity contribution in [1.29, 1.82) is 0 Å². The Balaban J connectivity index is 2.48. The van der Waals surface area contributed by atoms with Crippen LogP contribution in [0.4, 0.5) is 8.78 Å². The monoisotopic (exact) mass is 268 g/mol. The fourth-order valence-electron chi connectivity index (χ4n) is 1.67. The van der Waals surface area contributed by atoms with Crippen LogP contribution in [0, 0.1) is 6.92 Å². The molecule has 0 aliphatic carbocycles. The first-order chi connectivity index (χ1) is 8.99. The van der Waals surface area contributed by atoms with Crippen LogP contribution < -0.4 is 4.74 Å². The van der Waals surface area contributed by atoms with E-state index in [1.165, 1.54) is 12.1 Å². The number of carboxylic acid groups (broad SMARTS) is 1. The molecule has 1 aromatic heterocycles. The molecule has 19 heavy (non-hydrogen) atoms. The van der Waals surface area contributed by atoms with Gasteiger partial charge < -0.3 is 9.84 Å². The average Bonchev–Trinajstić information content (AvgIpc) is 2.80. The number of alkyl halides is 2. The highest BCUT2D eigenvalue weighted by Gasteiger charge is 2.17. The van der Waals surface area contributed by atoms with Crippen molar-refractivity contribution in [3.8, 4) is 17.0 Å². The van der Waals surface area contributed by atoms with Crippen molar-refractivity contribution in [3.63, 3.8) is 0 Å². The number of aromatic amines is 1. The third-order valence-electron chi connectivity index (χ3n) is 2.50. The number of carbonyl (C=O) groups is 1. The molecular weight excluding hydrogens is 258 g/mol. The summed E-state index contributed by atoms with van der Waals surface area (Å²) in [4.78, 5) is 10.8. The number of aromatic carboxylic acids is 1. The lowest BCUT2D eigenvalue weighted by molar-refractivity contribution is -0.0499. The number of rotatable bonds is 4. The zero-order valence-corrected chi connectivity index (χ0v) is 9.85. The van der Waals surface area contributed by atoms with E-state index in [1.807, 2.05) is 0 Å². The zero-order valence-electron chi connectivity index (χ0n) is 9.85. The van der Waals surface area contributed by atoms with E-state index in [0.29, 0.717) is 11.1 Å². The lowest BCUT2D eigenvalue weighted by Gasteiger charge is -2.11. The summed E-state index contributed by atoms with van der Waals surface area (Å²) in [6.45, 7) is -1.34. The first kappa shape index (κ1) is 13.0.